The van der Waals surface area contributed by atoms with E-state index in [2.05, 4.69) is 25.9 Å². The Kier molecular flexibility index (Phi) is 5.76. The molecule has 2 aromatic heterocycles. The molecule has 2 N–H and O–H groups in total. The van der Waals surface area contributed by atoms with Crippen molar-refractivity contribution in [1.82, 2.24) is 30.4 Å². The van der Waals surface area contributed by atoms with Crippen LogP contribution in [0.3, 0.4) is 0 Å². The van der Waals surface area contributed by atoms with Crippen molar-refractivity contribution < 1.29 is 4.79 Å². The van der Waals surface area contributed by atoms with Crippen molar-refractivity contribution in [2.45, 2.75) is 13.5 Å². The maximum atomic E-state index is 12.8. The van der Waals surface area contributed by atoms with Gasteiger partial charge in [0.1, 0.15) is 5.01 Å². The fourth-order valence-electron chi connectivity index (χ4n) is 3.46. The highest BCUT2D eigenvalue weighted by atomic mass is 35.5. The Morgan fingerprint density at radius 2 is 1.82 bits per heavy atom. The highest BCUT2D eigenvalue weighted by molar-refractivity contribution is 7.80. The van der Waals surface area contributed by atoms with Crippen LogP contribution in [0.5, 0.6) is 0 Å². The predicted octanol–water partition coefficient (Wildman–Crippen LogP) is 4.77. The van der Waals surface area contributed by atoms with Gasteiger partial charge in [-0.2, -0.15) is 9.61 Å². The number of thiocarbonyl (C=S) groups is 1. The number of fused-ring (bicyclic) bond motifs is 2. The maximum absolute atomic E-state index is 12.8. The van der Waals surface area contributed by atoms with Gasteiger partial charge in [0.15, 0.2) is 10.9 Å². The molecule has 0 spiro atoms. The zero-order valence-corrected chi connectivity index (χ0v) is 19.8. The van der Waals surface area contributed by atoms with Crippen molar-refractivity contribution in [3.63, 3.8) is 0 Å². The molecule has 0 aliphatic heterocycles. The van der Waals surface area contributed by atoms with E-state index in [-0.39, 0.29) is 11.0 Å². The number of nitrogens with zero attached hydrogens (tertiary/aromatic N) is 4. The third-order valence-corrected chi connectivity index (χ3v) is 6.67. The van der Waals surface area contributed by atoms with E-state index < -0.39 is 0 Å². The van der Waals surface area contributed by atoms with Gasteiger partial charge in [-0.3, -0.25) is 10.1 Å². The Morgan fingerprint density at radius 1 is 1.06 bits per heavy atom. The van der Waals surface area contributed by atoms with E-state index >= 15 is 0 Å². The minimum Gasteiger partial charge on any atom is -0.358 e. The molecule has 0 saturated heterocycles. The Bertz CT molecular complexity index is 1510. The van der Waals surface area contributed by atoms with Crippen molar-refractivity contribution in [1.29, 1.82) is 0 Å². The van der Waals surface area contributed by atoms with Crippen molar-refractivity contribution >= 4 is 61.9 Å². The molecule has 5 rings (SSSR count). The molecule has 0 bridgehead atoms. The number of rotatable bonds is 4. The van der Waals surface area contributed by atoms with Crippen LogP contribution in [-0.2, 0) is 6.54 Å². The number of hydrogen-bond donors (Lipinski definition) is 2. The predicted molar refractivity (Wildman–Crippen MR) is 135 cm³/mol. The molecule has 10 heteroatoms. The van der Waals surface area contributed by atoms with E-state index in [4.69, 9.17) is 23.8 Å². The molecular formula is C23H17ClN6OS2. The number of carbonyl (C=O) groups is 1. The number of aromatic nitrogens is 4. The summed E-state index contributed by atoms with van der Waals surface area (Å²) in [6.45, 7) is 2.35. The summed E-state index contributed by atoms with van der Waals surface area (Å²) in [5.74, 6) is 0.477. The summed E-state index contributed by atoms with van der Waals surface area (Å²) < 4.78 is 1.74. The summed E-state index contributed by atoms with van der Waals surface area (Å²) in [5.41, 5.74) is 2.54. The van der Waals surface area contributed by atoms with Gasteiger partial charge in [0, 0.05) is 28.1 Å². The molecule has 7 nitrogen and oxygen atoms in total. The number of nitrogens with one attached hydrogen (secondary N) is 2. The highest BCUT2D eigenvalue weighted by Crippen LogP contribution is 2.27. The van der Waals surface area contributed by atoms with Gasteiger partial charge in [0.2, 0.25) is 4.96 Å². The lowest BCUT2D eigenvalue weighted by Crippen LogP contribution is -2.38. The number of amides is 1. The van der Waals surface area contributed by atoms with E-state index in [1.807, 2.05) is 49.4 Å². The molecule has 0 atom stereocenters. The molecule has 33 heavy (non-hydrogen) atoms. The summed E-state index contributed by atoms with van der Waals surface area (Å²) in [6, 6.07) is 18.9. The zero-order chi connectivity index (χ0) is 22.9. The topological polar surface area (TPSA) is 84.2 Å². The first-order valence-electron chi connectivity index (χ1n) is 10.0. The van der Waals surface area contributed by atoms with Crippen LogP contribution in [0.1, 0.15) is 21.7 Å². The summed E-state index contributed by atoms with van der Waals surface area (Å²) >= 11 is 13.1. The monoisotopic (exact) mass is 492 g/mol. The number of hydrogen-bond acceptors (Lipinski definition) is 6. The standard InChI is InChI=1S/C23H17ClN6OS2/c1-13-27-28-23-30(13)29-21(33-23)15-10-8-14(9-11-15)12-25-22(32)26-20(31)18-6-2-5-17-16(18)4-3-7-19(17)24/h2-11H,12H2,1H3,(H2,25,26,31,32). The van der Waals surface area contributed by atoms with E-state index in [0.717, 1.165) is 37.7 Å². The zero-order valence-electron chi connectivity index (χ0n) is 17.4. The van der Waals surface area contributed by atoms with Crippen LogP contribution in [0.4, 0.5) is 0 Å². The van der Waals surface area contributed by atoms with Crippen LogP contribution in [0.15, 0.2) is 60.7 Å². The van der Waals surface area contributed by atoms with E-state index in [1.54, 1.807) is 22.7 Å². The third-order valence-electron chi connectivity index (χ3n) is 5.14. The Hall–Kier alpha value is -3.40. The van der Waals surface area contributed by atoms with Crippen LogP contribution in [0, 0.1) is 6.92 Å². The number of benzene rings is 3. The fraction of sp³-hybridized carbons (Fsp3) is 0.0870. The smallest absolute Gasteiger partial charge is 0.258 e. The normalized spacial score (nSPS) is 11.1. The summed E-state index contributed by atoms with van der Waals surface area (Å²) in [6.07, 6.45) is 0. The lowest BCUT2D eigenvalue weighted by Gasteiger charge is -2.11. The molecule has 0 saturated carbocycles. The molecule has 0 unspecified atom stereocenters. The SMILES string of the molecule is Cc1nnc2sc(-c3ccc(CNC(=S)NC(=O)c4cccc5c(Cl)cccc45)cc3)nn12. The molecule has 164 valence electrons. The second kappa shape index (κ2) is 8.86. The molecular weight excluding hydrogens is 476 g/mol. The van der Waals surface area contributed by atoms with E-state index in [9.17, 15) is 4.79 Å². The number of carbonyl (C=O) groups excluding carboxylic acids is 1. The van der Waals surface area contributed by atoms with Crippen molar-refractivity contribution in [2.75, 3.05) is 0 Å². The van der Waals surface area contributed by atoms with Crippen LogP contribution >= 0.6 is 35.2 Å². The van der Waals surface area contributed by atoms with Gasteiger partial charge in [-0.1, -0.05) is 71.5 Å². The quantitative estimate of drug-likeness (QED) is 0.351. The van der Waals surface area contributed by atoms with Crippen LogP contribution in [0.25, 0.3) is 26.3 Å². The molecule has 0 radical (unpaired) electrons. The maximum Gasteiger partial charge on any atom is 0.258 e. The van der Waals surface area contributed by atoms with Crippen molar-refractivity contribution in [3.05, 3.63) is 82.6 Å². The molecule has 5 aromatic rings. The minimum atomic E-state index is -0.283. The minimum absolute atomic E-state index is 0.257. The lowest BCUT2D eigenvalue weighted by atomic mass is 10.0. The highest BCUT2D eigenvalue weighted by Gasteiger charge is 2.13. The van der Waals surface area contributed by atoms with E-state index in [1.165, 1.54) is 11.3 Å². The largest absolute Gasteiger partial charge is 0.358 e. The van der Waals surface area contributed by atoms with Gasteiger partial charge >= 0.3 is 0 Å². The van der Waals surface area contributed by atoms with Gasteiger partial charge in [-0.05, 0) is 42.2 Å². The van der Waals surface area contributed by atoms with Gasteiger partial charge in [-0.25, -0.2) is 0 Å². The first kappa shape index (κ1) is 21.4. The van der Waals surface area contributed by atoms with Crippen molar-refractivity contribution in [2.24, 2.45) is 0 Å². The Morgan fingerprint density at radius 3 is 2.61 bits per heavy atom. The first-order valence-corrected chi connectivity index (χ1v) is 11.6. The molecule has 3 aromatic carbocycles. The second-order valence-electron chi connectivity index (χ2n) is 7.32. The number of halogens is 1. The third kappa shape index (κ3) is 4.30. The van der Waals surface area contributed by atoms with Crippen LogP contribution in [-0.4, -0.2) is 30.8 Å². The number of aryl methyl sites for hydroxylation is 1. The molecule has 0 aliphatic carbocycles. The van der Waals surface area contributed by atoms with Crippen LogP contribution < -0.4 is 10.6 Å². The van der Waals surface area contributed by atoms with E-state index in [0.29, 0.717) is 17.1 Å². The van der Waals surface area contributed by atoms with Crippen molar-refractivity contribution in [3.8, 4) is 10.6 Å². The van der Waals surface area contributed by atoms with Crippen LogP contribution in [0.2, 0.25) is 5.02 Å². The average Bonchev–Trinajstić information content (AvgIpc) is 3.40. The summed E-state index contributed by atoms with van der Waals surface area (Å²) in [5, 5.41) is 21.8. The van der Waals surface area contributed by atoms with Gasteiger partial charge in [0.25, 0.3) is 5.91 Å². The Labute approximate surface area is 203 Å². The summed E-state index contributed by atoms with van der Waals surface area (Å²) in [7, 11) is 0. The summed E-state index contributed by atoms with van der Waals surface area (Å²) in [4.78, 5) is 13.5. The van der Waals surface area contributed by atoms with Gasteiger partial charge < -0.3 is 5.32 Å². The lowest BCUT2D eigenvalue weighted by molar-refractivity contribution is 0.0978. The first-order chi connectivity index (χ1) is 16.0. The Balaban J connectivity index is 1.22. The average molecular weight is 493 g/mol. The molecule has 2 heterocycles. The molecule has 1 amide bonds. The molecule has 0 fully saturated rings. The van der Waals surface area contributed by atoms with Gasteiger partial charge in [0.05, 0.1) is 0 Å². The second-order valence-corrected chi connectivity index (χ2v) is 9.09. The fourth-order valence-corrected chi connectivity index (χ4v) is 4.76. The van der Waals surface area contributed by atoms with Gasteiger partial charge in [-0.15, -0.1) is 10.2 Å². The molecule has 0 aliphatic rings.